The van der Waals surface area contributed by atoms with Gasteiger partial charge in [0.15, 0.2) is 0 Å². The quantitative estimate of drug-likeness (QED) is 0.672. The third-order valence-corrected chi connectivity index (χ3v) is 2.23. The molecule has 1 aromatic carbocycles. The lowest BCUT2D eigenvalue weighted by Crippen LogP contribution is -2.02. The van der Waals surface area contributed by atoms with Crippen LogP contribution in [0.15, 0.2) is 34.7 Å². The molecule has 0 aliphatic heterocycles. The van der Waals surface area contributed by atoms with E-state index in [0.29, 0.717) is 0 Å². The molecule has 94 valence electrons. The maximum absolute atomic E-state index is 13.2. The number of hydrogen-bond acceptors (Lipinski definition) is 4. The first-order valence-corrected chi connectivity index (χ1v) is 4.99. The summed E-state index contributed by atoms with van der Waals surface area (Å²) in [6, 6.07) is 6.00. The number of nitrogens with one attached hydrogen (secondary N) is 1. The lowest BCUT2D eigenvalue weighted by Gasteiger charge is -2.06. The van der Waals surface area contributed by atoms with E-state index in [0.717, 1.165) is 12.1 Å². The molecule has 0 aliphatic carbocycles. The second kappa shape index (κ2) is 4.82. The van der Waals surface area contributed by atoms with Crippen molar-refractivity contribution in [2.45, 2.75) is 6.54 Å². The van der Waals surface area contributed by atoms with E-state index in [1.54, 1.807) is 0 Å². The van der Waals surface area contributed by atoms with Crippen LogP contribution in [0.2, 0.25) is 0 Å². The number of nitro groups is 1. The van der Waals surface area contributed by atoms with Crippen molar-refractivity contribution < 1.29 is 18.1 Å². The SMILES string of the molecule is O=[N+]([O-])c1ccc(CNc2c(F)cccc2F)o1. The van der Waals surface area contributed by atoms with Crippen molar-refractivity contribution in [1.82, 2.24) is 0 Å². The Morgan fingerprint density at radius 2 is 1.89 bits per heavy atom. The van der Waals surface area contributed by atoms with Crippen LogP contribution in [0.4, 0.5) is 20.4 Å². The molecule has 0 spiro atoms. The zero-order chi connectivity index (χ0) is 13.1. The van der Waals surface area contributed by atoms with E-state index >= 15 is 0 Å². The van der Waals surface area contributed by atoms with Crippen molar-refractivity contribution in [2.24, 2.45) is 0 Å². The fourth-order valence-corrected chi connectivity index (χ4v) is 1.40. The van der Waals surface area contributed by atoms with Crippen LogP contribution in [0, 0.1) is 21.7 Å². The van der Waals surface area contributed by atoms with Crippen LogP contribution < -0.4 is 5.32 Å². The summed E-state index contributed by atoms with van der Waals surface area (Å²) in [7, 11) is 0. The Bertz CT molecular complexity index is 563. The second-order valence-electron chi connectivity index (χ2n) is 3.45. The van der Waals surface area contributed by atoms with Crippen LogP contribution >= 0.6 is 0 Å². The van der Waals surface area contributed by atoms with Crippen LogP contribution in [-0.4, -0.2) is 4.92 Å². The van der Waals surface area contributed by atoms with Gasteiger partial charge in [0.2, 0.25) is 0 Å². The number of anilines is 1. The number of para-hydroxylation sites is 1. The molecular weight excluding hydrogens is 246 g/mol. The normalized spacial score (nSPS) is 10.3. The van der Waals surface area contributed by atoms with Gasteiger partial charge in [0.25, 0.3) is 0 Å². The first-order valence-electron chi connectivity index (χ1n) is 4.99. The van der Waals surface area contributed by atoms with Crippen molar-refractivity contribution in [3.8, 4) is 0 Å². The molecule has 0 unspecified atom stereocenters. The van der Waals surface area contributed by atoms with E-state index < -0.39 is 22.4 Å². The fourth-order valence-electron chi connectivity index (χ4n) is 1.40. The van der Waals surface area contributed by atoms with Gasteiger partial charge in [-0.05, 0) is 18.2 Å². The molecule has 2 rings (SSSR count). The lowest BCUT2D eigenvalue weighted by atomic mass is 10.3. The summed E-state index contributed by atoms with van der Waals surface area (Å²) in [5, 5.41) is 12.9. The van der Waals surface area contributed by atoms with E-state index in [2.05, 4.69) is 5.32 Å². The van der Waals surface area contributed by atoms with E-state index in [1.165, 1.54) is 18.2 Å². The molecule has 2 aromatic rings. The third kappa shape index (κ3) is 2.45. The third-order valence-electron chi connectivity index (χ3n) is 2.23. The Kier molecular flexibility index (Phi) is 3.22. The smallest absolute Gasteiger partial charge is 0.404 e. The summed E-state index contributed by atoms with van der Waals surface area (Å²) in [5.41, 5.74) is -0.295. The summed E-state index contributed by atoms with van der Waals surface area (Å²) in [6.07, 6.45) is 0. The highest BCUT2D eigenvalue weighted by molar-refractivity contribution is 5.46. The van der Waals surface area contributed by atoms with Gasteiger partial charge < -0.3 is 9.73 Å². The highest BCUT2D eigenvalue weighted by atomic mass is 19.1. The highest BCUT2D eigenvalue weighted by Crippen LogP contribution is 2.21. The van der Waals surface area contributed by atoms with Gasteiger partial charge in [0.05, 0.1) is 12.6 Å². The van der Waals surface area contributed by atoms with Crippen LogP contribution in [0.5, 0.6) is 0 Å². The summed E-state index contributed by atoms with van der Waals surface area (Å²) < 4.78 is 31.3. The number of rotatable bonds is 4. The molecule has 1 heterocycles. The molecule has 0 amide bonds. The fraction of sp³-hybridized carbons (Fsp3) is 0.0909. The van der Waals surface area contributed by atoms with Gasteiger partial charge in [-0.15, -0.1) is 0 Å². The predicted molar refractivity (Wildman–Crippen MR) is 59.0 cm³/mol. The first kappa shape index (κ1) is 12.0. The number of furan rings is 1. The van der Waals surface area contributed by atoms with Gasteiger partial charge >= 0.3 is 5.88 Å². The molecule has 5 nitrogen and oxygen atoms in total. The average molecular weight is 254 g/mol. The van der Waals surface area contributed by atoms with Gasteiger partial charge in [-0.25, -0.2) is 8.78 Å². The van der Waals surface area contributed by atoms with Crippen molar-refractivity contribution >= 4 is 11.6 Å². The highest BCUT2D eigenvalue weighted by Gasteiger charge is 2.13. The molecule has 0 bridgehead atoms. The van der Waals surface area contributed by atoms with E-state index in [-0.39, 0.29) is 18.0 Å². The minimum atomic E-state index is -0.740. The standard InChI is InChI=1S/C11H8F2N2O3/c12-8-2-1-3-9(13)11(8)14-6-7-4-5-10(18-7)15(16)17/h1-5,14H,6H2. The number of nitrogens with zero attached hydrogens (tertiary/aromatic N) is 1. The van der Waals surface area contributed by atoms with E-state index in [4.69, 9.17) is 4.42 Å². The summed E-state index contributed by atoms with van der Waals surface area (Å²) >= 11 is 0. The maximum atomic E-state index is 13.2. The molecular formula is C11H8F2N2O3. The minimum absolute atomic E-state index is 0.0499. The Morgan fingerprint density at radius 1 is 1.22 bits per heavy atom. The molecule has 0 fully saturated rings. The Hall–Kier alpha value is -2.44. The molecule has 0 saturated carbocycles. The zero-order valence-corrected chi connectivity index (χ0v) is 9.02. The van der Waals surface area contributed by atoms with Gasteiger partial charge in [-0.3, -0.25) is 10.1 Å². The molecule has 0 saturated heterocycles. The van der Waals surface area contributed by atoms with Crippen LogP contribution in [0.25, 0.3) is 0 Å². The second-order valence-corrected chi connectivity index (χ2v) is 3.45. The molecule has 1 aromatic heterocycles. The summed E-state index contributed by atoms with van der Waals surface area (Å²) in [6.45, 7) is -0.0499. The molecule has 0 radical (unpaired) electrons. The van der Waals surface area contributed by atoms with Gasteiger partial charge in [0, 0.05) is 0 Å². The van der Waals surface area contributed by atoms with Gasteiger partial charge in [0.1, 0.15) is 28.0 Å². The van der Waals surface area contributed by atoms with Gasteiger partial charge in [-0.2, -0.15) is 0 Å². The number of hydrogen-bond donors (Lipinski definition) is 1. The van der Waals surface area contributed by atoms with Gasteiger partial charge in [-0.1, -0.05) is 6.07 Å². The number of benzene rings is 1. The van der Waals surface area contributed by atoms with Crippen molar-refractivity contribution in [2.75, 3.05) is 5.32 Å². The van der Waals surface area contributed by atoms with Crippen molar-refractivity contribution in [3.05, 3.63) is 57.8 Å². The molecule has 0 atom stereocenters. The largest absolute Gasteiger partial charge is 0.433 e. The Morgan fingerprint density at radius 3 is 2.44 bits per heavy atom. The Balaban J connectivity index is 2.09. The van der Waals surface area contributed by atoms with E-state index in [9.17, 15) is 18.9 Å². The van der Waals surface area contributed by atoms with Crippen molar-refractivity contribution in [3.63, 3.8) is 0 Å². The minimum Gasteiger partial charge on any atom is -0.404 e. The van der Waals surface area contributed by atoms with E-state index in [1.807, 2.05) is 0 Å². The molecule has 18 heavy (non-hydrogen) atoms. The predicted octanol–water partition coefficient (Wildman–Crippen LogP) is 3.08. The maximum Gasteiger partial charge on any atom is 0.433 e. The Labute approximate surface area is 100 Å². The molecule has 7 heteroatoms. The number of halogens is 2. The lowest BCUT2D eigenvalue weighted by molar-refractivity contribution is -0.402. The summed E-state index contributed by atoms with van der Waals surface area (Å²) in [4.78, 5) is 9.68. The van der Waals surface area contributed by atoms with Crippen LogP contribution in [-0.2, 0) is 6.54 Å². The average Bonchev–Trinajstić information content (AvgIpc) is 2.77. The summed E-state index contributed by atoms with van der Waals surface area (Å²) in [5.74, 6) is -1.68. The van der Waals surface area contributed by atoms with Crippen LogP contribution in [0.1, 0.15) is 5.76 Å². The topological polar surface area (TPSA) is 68.3 Å². The first-order chi connectivity index (χ1) is 8.58. The molecule has 1 N–H and O–H groups in total. The van der Waals surface area contributed by atoms with Crippen molar-refractivity contribution in [1.29, 1.82) is 0 Å². The molecule has 0 aliphatic rings. The van der Waals surface area contributed by atoms with Crippen LogP contribution in [0.3, 0.4) is 0 Å². The zero-order valence-electron chi connectivity index (χ0n) is 9.02. The monoisotopic (exact) mass is 254 g/mol.